The lowest BCUT2D eigenvalue weighted by Crippen LogP contribution is -2.12. The zero-order chi connectivity index (χ0) is 27.8. The molecule has 2 heterocycles. The molecule has 0 aliphatic carbocycles. The summed E-state index contributed by atoms with van der Waals surface area (Å²) in [5, 5.41) is 2.37. The number of aromatic nitrogens is 4. The predicted molar refractivity (Wildman–Crippen MR) is 157 cm³/mol. The number of nitrogens with zero attached hydrogens (tertiary/aromatic N) is 2. The number of nitrogens with one attached hydrogen (secondary N) is 3. The van der Waals surface area contributed by atoms with Gasteiger partial charge in [0.05, 0.1) is 22.1 Å². The summed E-state index contributed by atoms with van der Waals surface area (Å²) >= 11 is 5.24. The molecular weight excluding hydrogens is 512 g/mol. The summed E-state index contributed by atoms with van der Waals surface area (Å²) in [5.41, 5.74) is 12.3. The normalized spacial score (nSPS) is 10.2. The molecule has 0 saturated carbocycles. The first-order valence-corrected chi connectivity index (χ1v) is 12.5. The van der Waals surface area contributed by atoms with Crippen molar-refractivity contribution in [2.24, 2.45) is 0 Å². The second-order valence-electron chi connectivity index (χ2n) is 8.71. The van der Waals surface area contributed by atoms with Crippen molar-refractivity contribution in [3.05, 3.63) is 119 Å². The number of para-hydroxylation sites is 4. The van der Waals surface area contributed by atoms with Gasteiger partial charge in [0.1, 0.15) is 0 Å². The van der Waals surface area contributed by atoms with E-state index in [-0.39, 0.29) is 5.91 Å². The average Bonchev–Trinajstić information content (AvgIpc) is 3.51. The van der Waals surface area contributed by atoms with Gasteiger partial charge in [0.15, 0.2) is 5.95 Å². The van der Waals surface area contributed by atoms with E-state index in [9.17, 15) is 9.59 Å². The van der Waals surface area contributed by atoms with Crippen LogP contribution in [0.3, 0.4) is 0 Å². The maximum absolute atomic E-state index is 12.1. The first-order chi connectivity index (χ1) is 18.8. The van der Waals surface area contributed by atoms with Crippen molar-refractivity contribution in [3.63, 3.8) is 0 Å². The summed E-state index contributed by atoms with van der Waals surface area (Å²) < 4.78 is 0. The van der Waals surface area contributed by atoms with Crippen LogP contribution in [0.2, 0.25) is 0 Å². The molecule has 9 heteroatoms. The molecule has 0 aliphatic heterocycles. The summed E-state index contributed by atoms with van der Waals surface area (Å²) in [6.45, 7) is 3.88. The van der Waals surface area contributed by atoms with Crippen molar-refractivity contribution < 1.29 is 9.59 Å². The number of imidazole rings is 2. The van der Waals surface area contributed by atoms with Gasteiger partial charge in [-0.1, -0.05) is 65.7 Å². The Balaban J connectivity index is 0.000000149. The molecule has 1 amide bonds. The van der Waals surface area contributed by atoms with Gasteiger partial charge in [-0.15, -0.1) is 0 Å². The van der Waals surface area contributed by atoms with E-state index in [4.69, 9.17) is 17.3 Å². The average molecular weight is 539 g/mol. The van der Waals surface area contributed by atoms with E-state index in [1.165, 1.54) is 0 Å². The fraction of sp³-hybridized carbons (Fsp3) is 0.0667. The van der Waals surface area contributed by atoms with Gasteiger partial charge in [-0.05, 0) is 67.9 Å². The lowest BCUT2D eigenvalue weighted by Gasteiger charge is -2.02. The topological polar surface area (TPSA) is 130 Å². The van der Waals surface area contributed by atoms with Crippen molar-refractivity contribution in [3.8, 4) is 0 Å². The molecule has 0 aliphatic rings. The molecular formula is C30H27ClN6O2. The highest BCUT2D eigenvalue weighted by molar-refractivity contribution is 6.67. The molecule has 39 heavy (non-hydrogen) atoms. The fourth-order valence-electron chi connectivity index (χ4n) is 3.72. The Kier molecular flexibility index (Phi) is 8.71. The smallest absolute Gasteiger partial charge is 0.257 e. The summed E-state index contributed by atoms with van der Waals surface area (Å²) in [5.74, 6) is 0.775. The molecule has 6 rings (SSSR count). The lowest BCUT2D eigenvalue weighted by atomic mass is 10.1. The van der Waals surface area contributed by atoms with Crippen LogP contribution in [0, 0.1) is 13.8 Å². The zero-order valence-electron chi connectivity index (χ0n) is 21.4. The number of carbonyl (C=O) groups is 2. The molecule has 6 aromatic rings. The van der Waals surface area contributed by atoms with E-state index >= 15 is 0 Å². The molecule has 4 aromatic carbocycles. The van der Waals surface area contributed by atoms with Gasteiger partial charge < -0.3 is 15.7 Å². The van der Waals surface area contributed by atoms with Gasteiger partial charge >= 0.3 is 0 Å². The van der Waals surface area contributed by atoms with E-state index in [1.807, 2.05) is 92.7 Å². The number of benzene rings is 4. The number of aryl methyl sites for hydroxylation is 2. The lowest BCUT2D eigenvalue weighted by molar-refractivity contribution is 0.102. The Bertz CT molecular complexity index is 1670. The van der Waals surface area contributed by atoms with Gasteiger partial charge in [0.2, 0.25) is 5.95 Å². The monoisotopic (exact) mass is 538 g/mol. The van der Waals surface area contributed by atoms with Crippen LogP contribution in [0.5, 0.6) is 0 Å². The largest absolute Gasteiger partial charge is 0.369 e. The molecule has 0 bridgehead atoms. The fourth-order valence-corrected chi connectivity index (χ4v) is 3.84. The van der Waals surface area contributed by atoms with Crippen LogP contribution in [0.4, 0.5) is 11.9 Å². The summed E-state index contributed by atoms with van der Waals surface area (Å²) in [4.78, 5) is 37.0. The third kappa shape index (κ3) is 7.53. The number of H-pyrrole nitrogens is 2. The Hall–Kier alpha value is -4.95. The number of aromatic amines is 2. The van der Waals surface area contributed by atoms with Crippen LogP contribution in [0.1, 0.15) is 31.8 Å². The number of halogens is 1. The van der Waals surface area contributed by atoms with Crippen LogP contribution in [-0.2, 0) is 0 Å². The minimum Gasteiger partial charge on any atom is -0.369 e. The number of fused-ring (bicyclic) bond motifs is 2. The molecule has 0 saturated heterocycles. The number of rotatable bonds is 3. The van der Waals surface area contributed by atoms with E-state index in [0.717, 1.165) is 33.2 Å². The highest BCUT2D eigenvalue weighted by atomic mass is 35.5. The van der Waals surface area contributed by atoms with Crippen molar-refractivity contribution in [2.45, 2.75) is 13.8 Å². The number of nitrogen functional groups attached to an aromatic ring is 1. The van der Waals surface area contributed by atoms with Crippen molar-refractivity contribution in [1.82, 2.24) is 19.9 Å². The minimum absolute atomic E-state index is 0.164. The number of nitrogens with two attached hydrogens (primary N) is 1. The molecule has 5 N–H and O–H groups in total. The molecule has 0 radical (unpaired) electrons. The van der Waals surface area contributed by atoms with Crippen LogP contribution in [0.15, 0.2) is 97.1 Å². The van der Waals surface area contributed by atoms with Crippen molar-refractivity contribution in [1.29, 1.82) is 0 Å². The molecule has 196 valence electrons. The third-order valence-corrected chi connectivity index (χ3v) is 5.77. The number of carbonyl (C=O) groups excluding carboxylic acids is 2. The first-order valence-electron chi connectivity index (χ1n) is 12.1. The Labute approximate surface area is 230 Å². The summed E-state index contributed by atoms with van der Waals surface area (Å²) in [6.07, 6.45) is 0. The van der Waals surface area contributed by atoms with Gasteiger partial charge in [-0.2, -0.15) is 0 Å². The highest BCUT2D eigenvalue weighted by Crippen LogP contribution is 2.14. The number of hydrogen-bond donors (Lipinski definition) is 4. The van der Waals surface area contributed by atoms with Crippen LogP contribution in [0.25, 0.3) is 22.1 Å². The number of anilines is 2. The Morgan fingerprint density at radius 2 is 1.26 bits per heavy atom. The Morgan fingerprint density at radius 3 is 1.79 bits per heavy atom. The molecule has 8 nitrogen and oxygen atoms in total. The number of hydrogen-bond acceptors (Lipinski definition) is 5. The van der Waals surface area contributed by atoms with Crippen molar-refractivity contribution in [2.75, 3.05) is 11.1 Å². The molecule has 0 spiro atoms. The molecule has 2 aromatic heterocycles. The summed E-state index contributed by atoms with van der Waals surface area (Å²) in [6, 6.07) is 30.0. The van der Waals surface area contributed by atoms with Crippen LogP contribution < -0.4 is 11.1 Å². The van der Waals surface area contributed by atoms with Crippen molar-refractivity contribution >= 4 is 56.7 Å². The van der Waals surface area contributed by atoms with Gasteiger partial charge in [-0.3, -0.25) is 14.9 Å². The highest BCUT2D eigenvalue weighted by Gasteiger charge is 2.09. The number of amides is 1. The van der Waals surface area contributed by atoms with E-state index in [0.29, 0.717) is 23.0 Å². The standard InChI is InChI=1S/C15H13N3O.C8H7ClO.C7H7N3/c1-10-5-4-6-11(9-10)14(19)18-15-16-12-7-2-3-8-13(12)17-15;1-6-3-2-4-7(5-6)8(9)10;8-7-9-5-3-1-2-4-6(5)10-7/h2-9H,1H3,(H2,16,17,18,19);2-5H,1H3;1-4H,(H3,8,9,10). The van der Waals surface area contributed by atoms with Gasteiger partial charge in [0, 0.05) is 11.1 Å². The minimum atomic E-state index is -0.399. The first kappa shape index (κ1) is 27.1. The SMILES string of the molecule is Cc1cccc(C(=O)Cl)c1.Cc1cccc(C(=O)Nc2nc3ccccc3[nH]2)c1.Nc1nc2ccccc2[nH]1. The van der Waals surface area contributed by atoms with Crippen LogP contribution >= 0.6 is 11.6 Å². The van der Waals surface area contributed by atoms with E-state index in [1.54, 1.807) is 18.2 Å². The second kappa shape index (κ2) is 12.5. The Morgan fingerprint density at radius 1 is 0.718 bits per heavy atom. The second-order valence-corrected chi connectivity index (χ2v) is 9.05. The third-order valence-electron chi connectivity index (χ3n) is 5.55. The summed E-state index contributed by atoms with van der Waals surface area (Å²) in [7, 11) is 0. The maximum Gasteiger partial charge on any atom is 0.257 e. The zero-order valence-corrected chi connectivity index (χ0v) is 22.2. The van der Waals surface area contributed by atoms with E-state index in [2.05, 4.69) is 25.3 Å². The maximum atomic E-state index is 12.1. The molecule has 0 atom stereocenters. The van der Waals surface area contributed by atoms with Gasteiger partial charge in [-0.25, -0.2) is 9.97 Å². The van der Waals surface area contributed by atoms with Gasteiger partial charge in [0.25, 0.3) is 11.1 Å². The van der Waals surface area contributed by atoms with Crippen LogP contribution in [-0.4, -0.2) is 31.1 Å². The quantitative estimate of drug-likeness (QED) is 0.188. The van der Waals surface area contributed by atoms with E-state index < -0.39 is 5.24 Å². The molecule has 0 fully saturated rings. The molecule has 0 unspecified atom stereocenters. The predicted octanol–water partition coefficient (Wildman–Crippen LogP) is 6.64.